The molecule has 146 valence electrons. The van der Waals surface area contributed by atoms with Crippen molar-refractivity contribution in [2.24, 2.45) is 0 Å². The number of carbonyl (C=O) groups is 1. The smallest absolute Gasteiger partial charge is 0.344 e. The van der Waals surface area contributed by atoms with Crippen molar-refractivity contribution in [3.63, 3.8) is 0 Å². The molecule has 6 unspecified atom stereocenters. The van der Waals surface area contributed by atoms with Crippen LogP contribution >= 0.6 is 0 Å². The molecule has 2 heterocycles. The van der Waals surface area contributed by atoms with E-state index < -0.39 is 73.0 Å². The molecule has 2 rings (SSSR count). The molecule has 0 aromatic heterocycles. The van der Waals surface area contributed by atoms with Crippen LogP contribution in [0.1, 0.15) is 0 Å². The normalized spacial score (nSPS) is 54.3. The first-order valence-corrected chi connectivity index (χ1v) is 7.14. The summed E-state index contributed by atoms with van der Waals surface area (Å²) in [5.74, 6) is -5.79. The first-order chi connectivity index (χ1) is 11.5. The fourth-order valence-electron chi connectivity index (χ4n) is 3.01. The highest BCUT2D eigenvalue weighted by atomic mass is 16.7. The standard InChI is InChI=1S/C12H20O13/c13-1-2-3(14)4(15)8(19)12(23,24-2)11(10(21)22)7(18)5(16)6(17)9(20)25-11/h2-9,13-20,23H,1H2,(H,21,22)/t2-,3-,4+,5?,6?,7?,8-,9?,11?,12?/m1/s1. The third kappa shape index (κ3) is 2.65. The number of carboxylic acids is 1. The molecular formula is C12H20O13. The van der Waals surface area contributed by atoms with E-state index in [2.05, 4.69) is 4.74 Å². The third-order valence-electron chi connectivity index (χ3n) is 4.50. The summed E-state index contributed by atoms with van der Waals surface area (Å²) in [5, 5.41) is 97.8. The van der Waals surface area contributed by atoms with Crippen LogP contribution in [0.5, 0.6) is 0 Å². The molecule has 2 aliphatic rings. The molecular weight excluding hydrogens is 352 g/mol. The maximum atomic E-state index is 11.8. The fraction of sp³-hybridized carbons (Fsp3) is 0.917. The summed E-state index contributed by atoms with van der Waals surface area (Å²) in [6.45, 7) is -1.05. The molecule has 10 N–H and O–H groups in total. The van der Waals surface area contributed by atoms with E-state index >= 15 is 0 Å². The van der Waals surface area contributed by atoms with Gasteiger partial charge in [-0.15, -0.1) is 0 Å². The van der Waals surface area contributed by atoms with Gasteiger partial charge in [0.15, 0.2) is 6.29 Å². The van der Waals surface area contributed by atoms with E-state index in [1.54, 1.807) is 0 Å². The Kier molecular flexibility index (Phi) is 5.40. The quantitative estimate of drug-likeness (QED) is 0.222. The van der Waals surface area contributed by atoms with Crippen molar-refractivity contribution in [1.82, 2.24) is 0 Å². The first-order valence-electron chi connectivity index (χ1n) is 7.14. The molecule has 25 heavy (non-hydrogen) atoms. The average molecular weight is 372 g/mol. The van der Waals surface area contributed by atoms with Gasteiger partial charge in [0.25, 0.3) is 5.60 Å². The Morgan fingerprint density at radius 3 is 1.84 bits per heavy atom. The number of hydrogen-bond donors (Lipinski definition) is 10. The van der Waals surface area contributed by atoms with Crippen LogP contribution in [0, 0.1) is 0 Å². The van der Waals surface area contributed by atoms with Gasteiger partial charge in [-0.25, -0.2) is 4.79 Å². The molecule has 0 spiro atoms. The highest BCUT2D eigenvalue weighted by Crippen LogP contribution is 2.44. The molecule has 2 fully saturated rings. The van der Waals surface area contributed by atoms with Gasteiger partial charge in [0.05, 0.1) is 6.61 Å². The van der Waals surface area contributed by atoms with Crippen LogP contribution in [0.3, 0.4) is 0 Å². The van der Waals surface area contributed by atoms with E-state index in [1.807, 2.05) is 0 Å². The van der Waals surface area contributed by atoms with Gasteiger partial charge in [-0.1, -0.05) is 0 Å². The lowest BCUT2D eigenvalue weighted by Crippen LogP contribution is -2.83. The van der Waals surface area contributed by atoms with Crippen LogP contribution in [-0.4, -0.2) is 124 Å². The van der Waals surface area contributed by atoms with Crippen molar-refractivity contribution in [3.8, 4) is 0 Å². The van der Waals surface area contributed by atoms with Gasteiger partial charge in [-0.2, -0.15) is 0 Å². The monoisotopic (exact) mass is 372 g/mol. The first kappa shape index (κ1) is 20.3. The van der Waals surface area contributed by atoms with Gasteiger partial charge in [-0.3, -0.25) is 0 Å². The van der Waals surface area contributed by atoms with Crippen molar-refractivity contribution in [3.05, 3.63) is 0 Å². The van der Waals surface area contributed by atoms with Crippen LogP contribution in [-0.2, 0) is 14.3 Å². The molecule has 13 nitrogen and oxygen atoms in total. The second-order valence-electron chi connectivity index (χ2n) is 5.94. The molecule has 13 heteroatoms. The summed E-state index contributed by atoms with van der Waals surface area (Å²) in [4.78, 5) is 11.8. The molecule has 0 aromatic carbocycles. The molecule has 0 aromatic rings. The van der Waals surface area contributed by atoms with E-state index in [0.29, 0.717) is 0 Å². The second kappa shape index (κ2) is 6.64. The SMILES string of the molecule is O=C(O)C1(C2(O)O[C@H](CO)[C@@H](O)[C@H](O)[C@H]2O)OC(O)C(O)C(O)C1O. The summed E-state index contributed by atoms with van der Waals surface area (Å²) in [6, 6.07) is 0. The molecule has 0 saturated carbocycles. The Labute approximate surface area is 139 Å². The summed E-state index contributed by atoms with van der Waals surface area (Å²) < 4.78 is 9.41. The van der Waals surface area contributed by atoms with E-state index in [0.717, 1.165) is 0 Å². The molecule has 2 aliphatic heterocycles. The van der Waals surface area contributed by atoms with Gasteiger partial charge >= 0.3 is 5.97 Å². The summed E-state index contributed by atoms with van der Waals surface area (Å²) in [7, 11) is 0. The van der Waals surface area contributed by atoms with Crippen molar-refractivity contribution in [1.29, 1.82) is 0 Å². The lowest BCUT2D eigenvalue weighted by Gasteiger charge is -2.56. The highest BCUT2D eigenvalue weighted by Gasteiger charge is 2.75. The minimum absolute atomic E-state index is 1.05. The number of ether oxygens (including phenoxy) is 2. The Bertz CT molecular complexity index is 513. The van der Waals surface area contributed by atoms with Gasteiger partial charge in [0, 0.05) is 0 Å². The van der Waals surface area contributed by atoms with Crippen molar-refractivity contribution >= 4 is 5.97 Å². The van der Waals surface area contributed by atoms with E-state index in [1.165, 1.54) is 0 Å². The molecule has 0 aliphatic carbocycles. The van der Waals surface area contributed by atoms with Crippen molar-refractivity contribution in [2.45, 2.75) is 60.4 Å². The van der Waals surface area contributed by atoms with E-state index in [-0.39, 0.29) is 0 Å². The highest BCUT2D eigenvalue weighted by molar-refractivity contribution is 5.80. The van der Waals surface area contributed by atoms with Gasteiger partial charge in [-0.05, 0) is 0 Å². The van der Waals surface area contributed by atoms with Gasteiger partial charge in [0.2, 0.25) is 5.79 Å². The van der Waals surface area contributed by atoms with E-state index in [9.17, 15) is 50.8 Å². The van der Waals surface area contributed by atoms with Gasteiger partial charge in [0.1, 0.15) is 42.7 Å². The number of carboxylic acid groups (broad SMARTS) is 1. The largest absolute Gasteiger partial charge is 0.479 e. The topological polar surface area (TPSA) is 238 Å². The molecule has 2 saturated heterocycles. The lowest BCUT2D eigenvalue weighted by molar-refractivity contribution is -0.442. The summed E-state index contributed by atoms with van der Waals surface area (Å²) in [5.41, 5.74) is -3.50. The predicted octanol–water partition coefficient (Wildman–Crippen LogP) is -6.60. The van der Waals surface area contributed by atoms with Crippen LogP contribution in [0.15, 0.2) is 0 Å². The van der Waals surface area contributed by atoms with Crippen molar-refractivity contribution in [2.75, 3.05) is 6.61 Å². The van der Waals surface area contributed by atoms with Crippen LogP contribution in [0.2, 0.25) is 0 Å². The maximum Gasteiger partial charge on any atom is 0.344 e. The summed E-state index contributed by atoms with van der Waals surface area (Å²) in [6.07, 6.45) is -18.3. The zero-order chi connectivity index (χ0) is 19.3. The number of hydrogen-bond acceptors (Lipinski definition) is 12. The number of aliphatic hydroxyl groups excluding tert-OH is 8. The third-order valence-corrected chi connectivity index (χ3v) is 4.50. The number of aliphatic carboxylic acids is 1. The summed E-state index contributed by atoms with van der Waals surface area (Å²) >= 11 is 0. The predicted molar refractivity (Wildman–Crippen MR) is 70.4 cm³/mol. The Balaban J connectivity index is 2.60. The Morgan fingerprint density at radius 2 is 1.36 bits per heavy atom. The minimum atomic E-state index is -3.55. The molecule has 0 amide bonds. The second-order valence-corrected chi connectivity index (χ2v) is 5.94. The van der Waals surface area contributed by atoms with Crippen LogP contribution in [0.4, 0.5) is 0 Å². The van der Waals surface area contributed by atoms with Crippen LogP contribution < -0.4 is 0 Å². The molecule has 0 bridgehead atoms. The van der Waals surface area contributed by atoms with Crippen LogP contribution in [0.25, 0.3) is 0 Å². The maximum absolute atomic E-state index is 11.8. The number of aliphatic hydroxyl groups is 9. The minimum Gasteiger partial charge on any atom is -0.479 e. The Hall–Kier alpha value is -0.970. The Morgan fingerprint density at radius 1 is 0.840 bits per heavy atom. The zero-order valence-electron chi connectivity index (χ0n) is 12.5. The lowest BCUT2D eigenvalue weighted by atomic mass is 9.74. The van der Waals surface area contributed by atoms with Gasteiger partial charge < -0.3 is 60.5 Å². The molecule has 10 atom stereocenters. The molecule has 0 radical (unpaired) electrons. The van der Waals surface area contributed by atoms with Crippen molar-refractivity contribution < 1.29 is 65.3 Å². The number of rotatable bonds is 3. The van der Waals surface area contributed by atoms with E-state index in [4.69, 9.17) is 9.84 Å². The fourth-order valence-corrected chi connectivity index (χ4v) is 3.01. The zero-order valence-corrected chi connectivity index (χ0v) is 12.5. The average Bonchev–Trinajstić information content (AvgIpc) is 2.57.